The van der Waals surface area contributed by atoms with Gasteiger partial charge in [-0.3, -0.25) is 14.6 Å². The van der Waals surface area contributed by atoms with Gasteiger partial charge in [0.2, 0.25) is 0 Å². The number of hydrogen-bond acceptors (Lipinski definition) is 6. The summed E-state index contributed by atoms with van der Waals surface area (Å²) in [6.07, 6.45) is 0.227. The fraction of sp³-hybridized carbons (Fsp3) is 0.286. The predicted octanol–water partition coefficient (Wildman–Crippen LogP) is 2.87. The van der Waals surface area contributed by atoms with E-state index in [1.807, 2.05) is 6.92 Å². The number of carbonyl (C=O) groups is 2. The molecule has 3 rings (SSSR count). The number of phenols is 1. The van der Waals surface area contributed by atoms with E-state index in [0.717, 1.165) is 0 Å². The number of hydrogen-bond donors (Lipinski definition) is 2. The summed E-state index contributed by atoms with van der Waals surface area (Å²) < 4.78 is 13.2. The van der Waals surface area contributed by atoms with Crippen LogP contribution in [0.25, 0.3) is 0 Å². The zero-order chi connectivity index (χ0) is 21.1. The van der Waals surface area contributed by atoms with Gasteiger partial charge in [0, 0.05) is 27.1 Å². The maximum atomic E-state index is 13.2. The Kier molecular flexibility index (Phi) is 5.81. The number of para-hydroxylation sites is 1. The van der Waals surface area contributed by atoms with Gasteiger partial charge in [0.15, 0.2) is 11.5 Å². The lowest BCUT2D eigenvalue weighted by Crippen LogP contribution is -2.49. The largest absolute Gasteiger partial charge is 0.505 e. The standard InChI is InChI=1S/C21H23FN4O3/c1-4-26(14-10-8-13(22)9-11-14)24-19-17(12-18(19)27)23-16-7-5-6-15(20(16)28)21(29)25(2)3/h5-11,17,23,28H,4,12H2,1-3H3/b24-19+. The number of aromatic hydroxyl groups is 1. The zero-order valence-corrected chi connectivity index (χ0v) is 16.5. The highest BCUT2D eigenvalue weighted by Crippen LogP contribution is 2.31. The van der Waals surface area contributed by atoms with E-state index in [4.69, 9.17) is 0 Å². The minimum atomic E-state index is -0.396. The molecular formula is C21H23FN4O3. The third-order valence-electron chi connectivity index (χ3n) is 4.66. The lowest BCUT2D eigenvalue weighted by Gasteiger charge is -2.31. The first kappa shape index (κ1) is 20.3. The molecule has 1 saturated carbocycles. The Hall–Kier alpha value is -3.42. The predicted molar refractivity (Wildman–Crippen MR) is 110 cm³/mol. The number of phenolic OH excluding ortho intramolecular Hbond substituents is 1. The SMILES string of the molecule is CCN(/N=C1/C(=O)CC1Nc1cccc(C(=O)N(C)C)c1O)c1ccc(F)cc1. The van der Waals surface area contributed by atoms with Crippen molar-refractivity contribution in [3.05, 3.63) is 53.8 Å². The second kappa shape index (κ2) is 8.30. The Morgan fingerprint density at radius 1 is 1.24 bits per heavy atom. The smallest absolute Gasteiger partial charge is 0.257 e. The summed E-state index contributed by atoms with van der Waals surface area (Å²) in [5.41, 5.74) is 1.51. The number of hydrazone groups is 1. The van der Waals surface area contributed by atoms with E-state index in [2.05, 4.69) is 10.4 Å². The first-order valence-electron chi connectivity index (χ1n) is 9.26. The van der Waals surface area contributed by atoms with Gasteiger partial charge in [-0.25, -0.2) is 4.39 Å². The maximum absolute atomic E-state index is 13.2. The van der Waals surface area contributed by atoms with Crippen LogP contribution in [0.1, 0.15) is 23.7 Å². The summed E-state index contributed by atoms with van der Waals surface area (Å²) in [6.45, 7) is 2.37. The average Bonchev–Trinajstić information content (AvgIpc) is 2.70. The second-order valence-corrected chi connectivity index (χ2v) is 6.90. The van der Waals surface area contributed by atoms with Crippen molar-refractivity contribution in [1.82, 2.24) is 4.90 Å². The van der Waals surface area contributed by atoms with Gasteiger partial charge in [-0.1, -0.05) is 6.07 Å². The Bertz CT molecular complexity index is 957. The molecule has 2 N–H and O–H groups in total. The molecule has 8 heteroatoms. The molecular weight excluding hydrogens is 375 g/mol. The summed E-state index contributed by atoms with van der Waals surface area (Å²) >= 11 is 0. The fourth-order valence-electron chi connectivity index (χ4n) is 3.01. The number of rotatable bonds is 6. The van der Waals surface area contributed by atoms with Crippen molar-refractivity contribution in [3.63, 3.8) is 0 Å². The van der Waals surface area contributed by atoms with Gasteiger partial charge in [-0.2, -0.15) is 5.10 Å². The number of benzene rings is 2. The van der Waals surface area contributed by atoms with Crippen LogP contribution >= 0.6 is 0 Å². The number of carbonyl (C=O) groups excluding carboxylic acids is 2. The van der Waals surface area contributed by atoms with Crippen molar-refractivity contribution < 1.29 is 19.1 Å². The van der Waals surface area contributed by atoms with E-state index in [9.17, 15) is 19.1 Å². The summed E-state index contributed by atoms with van der Waals surface area (Å²) in [7, 11) is 3.21. The normalized spacial score (nSPS) is 17.0. The number of Topliss-reactive ketones (excluding diaryl/α,β-unsaturated/α-hetero) is 1. The first-order valence-corrected chi connectivity index (χ1v) is 9.26. The summed E-state index contributed by atoms with van der Waals surface area (Å²) in [5.74, 6) is -0.948. The number of ketones is 1. The van der Waals surface area contributed by atoms with Crippen molar-refractivity contribution >= 4 is 28.8 Å². The minimum absolute atomic E-state index is 0.108. The highest BCUT2D eigenvalue weighted by Gasteiger charge is 2.37. The molecule has 0 bridgehead atoms. The van der Waals surface area contributed by atoms with Gasteiger partial charge in [0.05, 0.1) is 23.0 Å². The molecule has 2 aromatic rings. The number of anilines is 2. The van der Waals surface area contributed by atoms with Gasteiger partial charge in [-0.05, 0) is 43.3 Å². The molecule has 0 radical (unpaired) electrons. The van der Waals surface area contributed by atoms with Crippen LogP contribution < -0.4 is 10.3 Å². The van der Waals surface area contributed by atoms with E-state index >= 15 is 0 Å². The highest BCUT2D eigenvalue weighted by atomic mass is 19.1. The van der Waals surface area contributed by atoms with Gasteiger partial charge in [0.25, 0.3) is 5.91 Å². The highest BCUT2D eigenvalue weighted by molar-refractivity contribution is 6.49. The minimum Gasteiger partial charge on any atom is -0.505 e. The molecule has 0 aromatic heterocycles. The molecule has 0 saturated heterocycles. The van der Waals surface area contributed by atoms with E-state index in [-0.39, 0.29) is 35.2 Å². The lowest BCUT2D eigenvalue weighted by molar-refractivity contribution is -0.115. The van der Waals surface area contributed by atoms with Crippen LogP contribution in [0.2, 0.25) is 0 Å². The first-order chi connectivity index (χ1) is 13.8. The topological polar surface area (TPSA) is 85.2 Å². The van der Waals surface area contributed by atoms with Gasteiger partial charge in [-0.15, -0.1) is 0 Å². The summed E-state index contributed by atoms with van der Waals surface area (Å²) in [6, 6.07) is 10.3. The lowest BCUT2D eigenvalue weighted by atomic mass is 9.88. The van der Waals surface area contributed by atoms with Crippen LogP contribution in [0.3, 0.4) is 0 Å². The van der Waals surface area contributed by atoms with Gasteiger partial charge in [0.1, 0.15) is 11.5 Å². The Morgan fingerprint density at radius 2 is 1.93 bits per heavy atom. The Balaban J connectivity index is 1.83. The van der Waals surface area contributed by atoms with Crippen molar-refractivity contribution in [3.8, 4) is 5.75 Å². The van der Waals surface area contributed by atoms with Crippen LogP contribution in [-0.2, 0) is 4.79 Å². The van der Waals surface area contributed by atoms with E-state index < -0.39 is 6.04 Å². The van der Waals surface area contributed by atoms with Crippen LogP contribution in [0.4, 0.5) is 15.8 Å². The van der Waals surface area contributed by atoms with E-state index in [1.54, 1.807) is 43.4 Å². The summed E-state index contributed by atoms with van der Waals surface area (Å²) in [4.78, 5) is 25.7. The number of halogens is 1. The Labute approximate surface area is 168 Å². The van der Waals surface area contributed by atoms with E-state index in [0.29, 0.717) is 23.6 Å². The van der Waals surface area contributed by atoms with Crippen molar-refractivity contribution in [2.45, 2.75) is 19.4 Å². The molecule has 1 aliphatic carbocycles. The molecule has 29 heavy (non-hydrogen) atoms. The Morgan fingerprint density at radius 3 is 2.52 bits per heavy atom. The number of amides is 1. The molecule has 2 aromatic carbocycles. The monoisotopic (exact) mass is 398 g/mol. The van der Waals surface area contributed by atoms with Crippen molar-refractivity contribution in [2.24, 2.45) is 5.10 Å². The summed E-state index contributed by atoms with van der Waals surface area (Å²) in [5, 5.41) is 19.6. The molecule has 0 aliphatic heterocycles. The molecule has 1 unspecified atom stereocenters. The number of nitrogens with one attached hydrogen (secondary N) is 1. The van der Waals surface area contributed by atoms with Crippen LogP contribution in [0.15, 0.2) is 47.6 Å². The molecule has 7 nitrogen and oxygen atoms in total. The van der Waals surface area contributed by atoms with Crippen molar-refractivity contribution in [1.29, 1.82) is 0 Å². The number of nitrogens with zero attached hydrogens (tertiary/aromatic N) is 3. The van der Waals surface area contributed by atoms with Crippen LogP contribution in [-0.4, -0.2) is 54.1 Å². The van der Waals surface area contributed by atoms with Crippen molar-refractivity contribution in [2.75, 3.05) is 31.0 Å². The molecule has 0 heterocycles. The van der Waals surface area contributed by atoms with Gasteiger partial charge < -0.3 is 15.3 Å². The molecule has 1 amide bonds. The third-order valence-corrected chi connectivity index (χ3v) is 4.66. The second-order valence-electron chi connectivity index (χ2n) is 6.90. The average molecular weight is 398 g/mol. The van der Waals surface area contributed by atoms with Crippen LogP contribution in [0.5, 0.6) is 5.75 Å². The maximum Gasteiger partial charge on any atom is 0.257 e. The van der Waals surface area contributed by atoms with E-state index in [1.165, 1.54) is 23.1 Å². The quantitative estimate of drug-likeness (QED) is 0.577. The third kappa shape index (κ3) is 4.21. The zero-order valence-electron chi connectivity index (χ0n) is 16.5. The molecule has 1 atom stereocenters. The molecule has 0 spiro atoms. The molecule has 1 fully saturated rings. The van der Waals surface area contributed by atoms with Crippen LogP contribution in [0, 0.1) is 5.82 Å². The fourth-order valence-corrected chi connectivity index (χ4v) is 3.01. The van der Waals surface area contributed by atoms with Gasteiger partial charge >= 0.3 is 0 Å². The molecule has 152 valence electrons. The molecule has 1 aliphatic rings.